The highest BCUT2D eigenvalue weighted by atomic mass is 79.9. The van der Waals surface area contributed by atoms with Gasteiger partial charge in [-0.3, -0.25) is 14.2 Å². The van der Waals surface area contributed by atoms with Crippen LogP contribution in [-0.2, 0) is 11.3 Å². The van der Waals surface area contributed by atoms with Crippen molar-refractivity contribution in [2.24, 2.45) is 0 Å². The summed E-state index contributed by atoms with van der Waals surface area (Å²) in [5.74, 6) is -0.581. The zero-order valence-electron chi connectivity index (χ0n) is 14.4. The van der Waals surface area contributed by atoms with Crippen LogP contribution in [0.4, 0.5) is 10.2 Å². The maximum Gasteiger partial charge on any atom is 0.250 e. The molecule has 2 aromatic heterocycles. The van der Waals surface area contributed by atoms with Crippen molar-refractivity contribution in [3.05, 3.63) is 62.2 Å². The third-order valence-corrected chi connectivity index (χ3v) is 5.48. The molecule has 1 unspecified atom stereocenters. The molecule has 6 nitrogen and oxygen atoms in total. The van der Waals surface area contributed by atoms with Gasteiger partial charge in [0.2, 0.25) is 5.91 Å². The van der Waals surface area contributed by atoms with Gasteiger partial charge in [0.15, 0.2) is 5.82 Å². The number of nitrogens with one attached hydrogen (secondary N) is 1. The highest BCUT2D eigenvalue weighted by Gasteiger charge is 2.21. The average Bonchev–Trinajstić information content (AvgIpc) is 3.13. The number of hydrogen-bond acceptors (Lipinski definition) is 3. The second kappa shape index (κ2) is 8.00. The first-order chi connectivity index (χ1) is 12.8. The van der Waals surface area contributed by atoms with Gasteiger partial charge in [-0.05, 0) is 41.9 Å². The van der Waals surface area contributed by atoms with Crippen molar-refractivity contribution < 1.29 is 9.18 Å². The first-order valence-corrected chi connectivity index (χ1v) is 9.49. The Balaban J connectivity index is 1.77. The van der Waals surface area contributed by atoms with E-state index in [4.69, 9.17) is 23.2 Å². The molecule has 1 atom stereocenters. The molecule has 0 bridgehead atoms. The normalized spacial score (nSPS) is 12.2. The van der Waals surface area contributed by atoms with Crippen LogP contribution in [0.25, 0.3) is 0 Å². The minimum absolute atomic E-state index is 0.0852. The van der Waals surface area contributed by atoms with Gasteiger partial charge in [-0.2, -0.15) is 10.2 Å². The summed E-state index contributed by atoms with van der Waals surface area (Å²) in [6.07, 6.45) is 3.12. The fraction of sp³-hybridized carbons (Fsp3) is 0.235. The van der Waals surface area contributed by atoms with E-state index in [1.807, 2.05) is 6.92 Å². The van der Waals surface area contributed by atoms with E-state index in [0.29, 0.717) is 10.6 Å². The fourth-order valence-electron chi connectivity index (χ4n) is 2.53. The largest absolute Gasteiger partial charge is 0.306 e. The van der Waals surface area contributed by atoms with Gasteiger partial charge in [0.05, 0.1) is 22.9 Å². The lowest BCUT2D eigenvalue weighted by Gasteiger charge is -2.13. The topological polar surface area (TPSA) is 64.7 Å². The van der Waals surface area contributed by atoms with Crippen LogP contribution in [-0.4, -0.2) is 25.5 Å². The van der Waals surface area contributed by atoms with Gasteiger partial charge in [-0.25, -0.2) is 4.39 Å². The molecule has 0 fully saturated rings. The smallest absolute Gasteiger partial charge is 0.250 e. The molecule has 0 aliphatic carbocycles. The van der Waals surface area contributed by atoms with Gasteiger partial charge in [0.25, 0.3) is 0 Å². The van der Waals surface area contributed by atoms with E-state index in [9.17, 15) is 9.18 Å². The van der Waals surface area contributed by atoms with Crippen molar-refractivity contribution in [1.82, 2.24) is 19.6 Å². The highest BCUT2D eigenvalue weighted by molar-refractivity contribution is 9.10. The molecule has 0 aliphatic heterocycles. The Morgan fingerprint density at radius 2 is 2.11 bits per heavy atom. The first kappa shape index (κ1) is 19.9. The molecule has 2 heterocycles. The monoisotopic (exact) mass is 473 g/mol. The molecule has 1 N–H and O–H groups in total. The van der Waals surface area contributed by atoms with Gasteiger partial charge < -0.3 is 5.32 Å². The van der Waals surface area contributed by atoms with E-state index in [2.05, 4.69) is 31.4 Å². The van der Waals surface area contributed by atoms with Crippen molar-refractivity contribution in [3.63, 3.8) is 0 Å². The van der Waals surface area contributed by atoms with Crippen molar-refractivity contribution in [3.8, 4) is 0 Å². The van der Waals surface area contributed by atoms with Crippen LogP contribution < -0.4 is 5.32 Å². The lowest BCUT2D eigenvalue weighted by atomic mass is 10.2. The van der Waals surface area contributed by atoms with Gasteiger partial charge >= 0.3 is 0 Å². The SMILES string of the molecule is Cc1c(Br)cnn1C(C)C(=O)Nc1nn(Cc2c(F)cccc2Cl)cc1Cl. The van der Waals surface area contributed by atoms with E-state index in [1.54, 1.807) is 23.9 Å². The zero-order valence-corrected chi connectivity index (χ0v) is 17.5. The molecule has 27 heavy (non-hydrogen) atoms. The maximum absolute atomic E-state index is 13.9. The van der Waals surface area contributed by atoms with Gasteiger partial charge in [-0.15, -0.1) is 0 Å². The molecule has 3 aromatic rings. The number of carbonyl (C=O) groups is 1. The molecule has 0 spiro atoms. The summed E-state index contributed by atoms with van der Waals surface area (Å²) in [5.41, 5.74) is 1.12. The van der Waals surface area contributed by atoms with E-state index in [0.717, 1.165) is 10.2 Å². The Kier molecular flexibility index (Phi) is 5.88. The van der Waals surface area contributed by atoms with E-state index < -0.39 is 11.9 Å². The van der Waals surface area contributed by atoms with Crippen LogP contribution in [0.2, 0.25) is 10.0 Å². The standard InChI is InChI=1S/C17H15BrCl2FN5O/c1-9-12(18)6-22-26(9)10(2)17(27)23-16-14(20)8-25(24-16)7-11-13(19)4-3-5-15(11)21/h3-6,8,10H,7H2,1-2H3,(H,23,24,27). The summed E-state index contributed by atoms with van der Waals surface area (Å²) in [5, 5.41) is 11.6. The number of anilines is 1. The highest BCUT2D eigenvalue weighted by Crippen LogP contribution is 2.25. The fourth-order valence-corrected chi connectivity index (χ4v) is 3.23. The molecule has 10 heteroatoms. The summed E-state index contributed by atoms with van der Waals surface area (Å²) in [4.78, 5) is 12.5. The number of nitrogens with zero attached hydrogens (tertiary/aromatic N) is 4. The Labute approximate surface area is 173 Å². The van der Waals surface area contributed by atoms with Crippen molar-refractivity contribution >= 4 is 50.9 Å². The Morgan fingerprint density at radius 3 is 2.74 bits per heavy atom. The predicted molar refractivity (Wildman–Crippen MR) is 106 cm³/mol. The summed E-state index contributed by atoms with van der Waals surface area (Å²) in [6, 6.07) is 3.87. The van der Waals surface area contributed by atoms with Crippen molar-refractivity contribution in [1.29, 1.82) is 0 Å². The number of benzene rings is 1. The Bertz CT molecular complexity index is 983. The van der Waals surface area contributed by atoms with Gasteiger partial charge in [-0.1, -0.05) is 29.3 Å². The van der Waals surface area contributed by atoms with E-state index in [1.165, 1.54) is 23.0 Å². The summed E-state index contributed by atoms with van der Waals surface area (Å²) in [7, 11) is 0. The molecule has 0 aliphatic rings. The zero-order chi connectivity index (χ0) is 19.7. The van der Waals surface area contributed by atoms with Crippen LogP contribution in [0.3, 0.4) is 0 Å². The predicted octanol–water partition coefficient (Wildman–Crippen LogP) is 4.84. The molecule has 142 valence electrons. The number of aromatic nitrogens is 4. The minimum atomic E-state index is -0.571. The molecule has 1 amide bonds. The maximum atomic E-state index is 13.9. The van der Waals surface area contributed by atoms with Crippen LogP contribution >= 0.6 is 39.1 Å². The second-order valence-electron chi connectivity index (χ2n) is 5.91. The van der Waals surface area contributed by atoms with Crippen LogP contribution in [0.15, 0.2) is 35.1 Å². The van der Waals surface area contributed by atoms with E-state index >= 15 is 0 Å². The summed E-state index contributed by atoms with van der Waals surface area (Å²) in [6.45, 7) is 3.65. The lowest BCUT2D eigenvalue weighted by molar-refractivity contribution is -0.119. The molecular formula is C17H15BrCl2FN5O. The van der Waals surface area contributed by atoms with Crippen molar-refractivity contribution in [2.45, 2.75) is 26.4 Å². The summed E-state index contributed by atoms with van der Waals surface area (Å²) < 4.78 is 17.8. The van der Waals surface area contributed by atoms with Crippen LogP contribution in [0.1, 0.15) is 24.2 Å². The molecule has 0 saturated carbocycles. The second-order valence-corrected chi connectivity index (χ2v) is 7.58. The van der Waals surface area contributed by atoms with Gasteiger partial charge in [0.1, 0.15) is 16.9 Å². The molecule has 3 rings (SSSR count). The van der Waals surface area contributed by atoms with Crippen LogP contribution in [0, 0.1) is 12.7 Å². The lowest BCUT2D eigenvalue weighted by Crippen LogP contribution is -2.25. The quantitative estimate of drug-likeness (QED) is 0.575. The van der Waals surface area contributed by atoms with Crippen LogP contribution in [0.5, 0.6) is 0 Å². The number of carbonyl (C=O) groups excluding carboxylic acids is 1. The number of amides is 1. The molecule has 1 aromatic carbocycles. The molecule has 0 saturated heterocycles. The van der Waals surface area contributed by atoms with Gasteiger partial charge in [0, 0.05) is 16.8 Å². The summed E-state index contributed by atoms with van der Waals surface area (Å²) >= 11 is 15.6. The minimum Gasteiger partial charge on any atom is -0.306 e. The molecule has 0 radical (unpaired) electrons. The Morgan fingerprint density at radius 1 is 1.37 bits per heavy atom. The average molecular weight is 475 g/mol. The number of hydrogen-bond donors (Lipinski definition) is 1. The van der Waals surface area contributed by atoms with Crippen molar-refractivity contribution in [2.75, 3.05) is 5.32 Å². The first-order valence-electron chi connectivity index (χ1n) is 7.94. The number of halogens is 4. The molecular weight excluding hydrogens is 460 g/mol. The number of rotatable bonds is 5. The third kappa shape index (κ3) is 4.17. The van der Waals surface area contributed by atoms with E-state index in [-0.39, 0.29) is 23.3 Å². The Hall–Kier alpha value is -1.90. The third-order valence-electron chi connectivity index (χ3n) is 4.07.